The van der Waals surface area contributed by atoms with Crippen LogP contribution in [-0.2, 0) is 13.5 Å². The molecule has 0 amide bonds. The van der Waals surface area contributed by atoms with Gasteiger partial charge in [0.15, 0.2) is 11.6 Å². The highest BCUT2D eigenvalue weighted by Gasteiger charge is 2.19. The molecule has 6 heteroatoms. The van der Waals surface area contributed by atoms with Gasteiger partial charge in [-0.15, -0.1) is 0 Å². The van der Waals surface area contributed by atoms with E-state index in [-0.39, 0.29) is 6.04 Å². The third-order valence-electron chi connectivity index (χ3n) is 3.33. The number of nitrogens with one attached hydrogen (secondary N) is 1. The molecule has 0 fully saturated rings. The molecule has 0 saturated carbocycles. The largest absolute Gasteiger partial charge is 0.308 e. The Kier molecular flexibility index (Phi) is 5.47. The fourth-order valence-corrected chi connectivity index (χ4v) is 2.92. The number of hydrogen-bond acceptors (Lipinski definition) is 2. The van der Waals surface area contributed by atoms with E-state index in [1.54, 1.807) is 16.9 Å². The van der Waals surface area contributed by atoms with Crippen LogP contribution in [-0.4, -0.2) is 16.3 Å². The van der Waals surface area contributed by atoms with Crippen molar-refractivity contribution in [3.8, 4) is 0 Å². The van der Waals surface area contributed by atoms with Gasteiger partial charge in [-0.25, -0.2) is 8.78 Å². The Morgan fingerprint density at radius 3 is 2.67 bits per heavy atom. The van der Waals surface area contributed by atoms with Crippen LogP contribution < -0.4 is 5.32 Å². The molecule has 0 aliphatic heterocycles. The molecule has 2 rings (SSSR count). The zero-order valence-corrected chi connectivity index (χ0v) is 13.6. The van der Waals surface area contributed by atoms with Crippen LogP contribution in [0, 0.1) is 11.6 Å². The Morgan fingerprint density at radius 2 is 2.10 bits per heavy atom. The molecule has 0 bridgehead atoms. The maximum atomic E-state index is 13.4. The second-order valence-electron chi connectivity index (χ2n) is 4.96. The predicted octanol–water partition coefficient (Wildman–Crippen LogP) is 3.74. The summed E-state index contributed by atoms with van der Waals surface area (Å²) >= 11 is 3.49. The van der Waals surface area contributed by atoms with Crippen molar-refractivity contribution in [1.82, 2.24) is 15.1 Å². The van der Waals surface area contributed by atoms with Crippen LogP contribution in [0.25, 0.3) is 0 Å². The normalized spacial score (nSPS) is 12.6. The number of nitrogens with zero attached hydrogens (tertiary/aromatic N) is 2. The number of benzene rings is 1. The minimum atomic E-state index is -0.821. The molecule has 1 heterocycles. The lowest BCUT2D eigenvalue weighted by atomic mass is 10.0. The molecule has 1 N–H and O–H groups in total. The van der Waals surface area contributed by atoms with E-state index in [0.717, 1.165) is 28.7 Å². The molecular weight excluding hydrogens is 340 g/mol. The van der Waals surface area contributed by atoms with Gasteiger partial charge in [-0.3, -0.25) is 4.68 Å². The summed E-state index contributed by atoms with van der Waals surface area (Å²) in [7, 11) is 1.87. The van der Waals surface area contributed by atoms with Gasteiger partial charge in [-0.1, -0.05) is 13.0 Å². The van der Waals surface area contributed by atoms with Crippen molar-refractivity contribution in [2.75, 3.05) is 6.54 Å². The molecule has 1 unspecified atom stereocenters. The minimum absolute atomic E-state index is 0.0170. The number of rotatable bonds is 6. The van der Waals surface area contributed by atoms with E-state index >= 15 is 0 Å². The fraction of sp³-hybridized carbons (Fsp3) is 0.400. The fourth-order valence-electron chi connectivity index (χ4n) is 2.30. The highest BCUT2D eigenvalue weighted by Crippen LogP contribution is 2.26. The molecule has 1 atom stereocenters. The van der Waals surface area contributed by atoms with Gasteiger partial charge in [0.2, 0.25) is 0 Å². The number of hydrogen-bond donors (Lipinski definition) is 1. The van der Waals surface area contributed by atoms with Crippen LogP contribution in [0.5, 0.6) is 0 Å². The summed E-state index contributed by atoms with van der Waals surface area (Å²) in [6.07, 6.45) is 3.29. The molecule has 114 valence electrons. The standard InChI is InChI=1S/C15H18BrF2N3/c1-3-6-19-14(15-11(16)9-20-21(15)2)8-10-4-5-12(17)13(18)7-10/h4-5,7,9,14,19H,3,6,8H2,1-2H3. The van der Waals surface area contributed by atoms with Crippen LogP contribution in [0.3, 0.4) is 0 Å². The lowest BCUT2D eigenvalue weighted by molar-refractivity contribution is 0.484. The summed E-state index contributed by atoms with van der Waals surface area (Å²) in [4.78, 5) is 0. The first-order valence-electron chi connectivity index (χ1n) is 6.87. The SMILES string of the molecule is CCCNC(Cc1ccc(F)c(F)c1)c1c(Br)cnn1C. The molecule has 1 aromatic carbocycles. The average molecular weight is 358 g/mol. The summed E-state index contributed by atoms with van der Waals surface area (Å²) in [6, 6.07) is 4.01. The summed E-state index contributed by atoms with van der Waals surface area (Å²) in [6.45, 7) is 2.92. The molecular formula is C15H18BrF2N3. The molecule has 0 aliphatic rings. The smallest absolute Gasteiger partial charge is 0.159 e. The summed E-state index contributed by atoms with van der Waals surface area (Å²) in [5.74, 6) is -1.63. The molecule has 0 saturated heterocycles. The maximum Gasteiger partial charge on any atom is 0.159 e. The van der Waals surface area contributed by atoms with E-state index in [4.69, 9.17) is 0 Å². The summed E-state index contributed by atoms with van der Waals surface area (Å²) in [5.41, 5.74) is 1.74. The molecule has 3 nitrogen and oxygen atoms in total. The van der Waals surface area contributed by atoms with Crippen molar-refractivity contribution < 1.29 is 8.78 Å². The minimum Gasteiger partial charge on any atom is -0.308 e. The van der Waals surface area contributed by atoms with Crippen LogP contribution in [0.2, 0.25) is 0 Å². The third kappa shape index (κ3) is 3.89. The second-order valence-corrected chi connectivity index (χ2v) is 5.81. The zero-order valence-electron chi connectivity index (χ0n) is 12.0. The van der Waals surface area contributed by atoms with E-state index < -0.39 is 11.6 Å². The van der Waals surface area contributed by atoms with Crippen molar-refractivity contribution in [2.24, 2.45) is 7.05 Å². The molecule has 0 aliphatic carbocycles. The van der Waals surface area contributed by atoms with Crippen molar-refractivity contribution in [3.63, 3.8) is 0 Å². The first kappa shape index (κ1) is 16.1. The number of halogens is 3. The van der Waals surface area contributed by atoms with Gasteiger partial charge in [0.25, 0.3) is 0 Å². The Hall–Kier alpha value is -1.27. The average Bonchev–Trinajstić information content (AvgIpc) is 2.78. The van der Waals surface area contributed by atoms with Gasteiger partial charge >= 0.3 is 0 Å². The molecule has 21 heavy (non-hydrogen) atoms. The highest BCUT2D eigenvalue weighted by atomic mass is 79.9. The van der Waals surface area contributed by atoms with Gasteiger partial charge in [0, 0.05) is 7.05 Å². The Bertz CT molecular complexity index is 593. The van der Waals surface area contributed by atoms with Crippen LogP contribution in [0.1, 0.15) is 30.6 Å². The van der Waals surface area contributed by atoms with Crippen molar-refractivity contribution in [1.29, 1.82) is 0 Å². The third-order valence-corrected chi connectivity index (χ3v) is 3.94. The van der Waals surface area contributed by atoms with E-state index in [2.05, 4.69) is 33.3 Å². The Balaban J connectivity index is 2.26. The van der Waals surface area contributed by atoms with E-state index in [1.807, 2.05) is 7.05 Å². The number of aromatic nitrogens is 2. The topological polar surface area (TPSA) is 29.9 Å². The van der Waals surface area contributed by atoms with Crippen molar-refractivity contribution in [2.45, 2.75) is 25.8 Å². The molecule has 1 aromatic heterocycles. The molecule has 0 spiro atoms. The lowest BCUT2D eigenvalue weighted by Gasteiger charge is -2.20. The van der Waals surface area contributed by atoms with E-state index in [0.29, 0.717) is 6.42 Å². The first-order valence-corrected chi connectivity index (χ1v) is 7.67. The van der Waals surface area contributed by atoms with Crippen LogP contribution in [0.4, 0.5) is 8.78 Å². The van der Waals surface area contributed by atoms with Crippen molar-refractivity contribution >= 4 is 15.9 Å². The van der Waals surface area contributed by atoms with Gasteiger partial charge in [-0.2, -0.15) is 5.10 Å². The van der Waals surface area contributed by atoms with Gasteiger partial charge < -0.3 is 5.32 Å². The summed E-state index contributed by atoms with van der Waals surface area (Å²) in [5, 5.41) is 7.64. The number of aryl methyl sites for hydroxylation is 1. The second kappa shape index (κ2) is 7.13. The van der Waals surface area contributed by atoms with Gasteiger partial charge in [-0.05, 0) is 53.0 Å². The zero-order chi connectivity index (χ0) is 15.4. The van der Waals surface area contributed by atoms with Gasteiger partial charge in [0.05, 0.1) is 22.4 Å². The monoisotopic (exact) mass is 357 g/mol. The lowest BCUT2D eigenvalue weighted by Crippen LogP contribution is -2.26. The van der Waals surface area contributed by atoms with Crippen LogP contribution >= 0.6 is 15.9 Å². The Labute approximate surface area is 131 Å². The maximum absolute atomic E-state index is 13.4. The molecule has 2 aromatic rings. The molecule has 0 radical (unpaired) electrons. The first-order chi connectivity index (χ1) is 10.0. The van der Waals surface area contributed by atoms with Crippen LogP contribution in [0.15, 0.2) is 28.9 Å². The van der Waals surface area contributed by atoms with Crippen molar-refractivity contribution in [3.05, 3.63) is 51.8 Å². The van der Waals surface area contributed by atoms with Gasteiger partial charge in [0.1, 0.15) is 0 Å². The predicted molar refractivity (Wildman–Crippen MR) is 82.0 cm³/mol. The van der Waals surface area contributed by atoms with E-state index in [9.17, 15) is 8.78 Å². The Morgan fingerprint density at radius 1 is 1.33 bits per heavy atom. The quantitative estimate of drug-likeness (QED) is 0.853. The highest BCUT2D eigenvalue weighted by molar-refractivity contribution is 9.10. The summed E-state index contributed by atoms with van der Waals surface area (Å²) < 4.78 is 29.1. The van der Waals surface area contributed by atoms with E-state index in [1.165, 1.54) is 12.1 Å².